The van der Waals surface area contributed by atoms with Gasteiger partial charge in [-0.1, -0.05) is 25.6 Å². The zero-order valence-electron chi connectivity index (χ0n) is 13.0. The SMILES string of the molecule is CC(C)Cn1ccnc(Sc2ccc(C#N)c(C(F)(F)F)c2)c1=O. The molecule has 1 aromatic carbocycles. The van der Waals surface area contributed by atoms with Gasteiger partial charge in [-0.3, -0.25) is 4.79 Å². The second-order valence-corrected chi connectivity index (χ2v) is 6.56. The number of nitriles is 1. The first kappa shape index (κ1) is 18.1. The zero-order valence-corrected chi connectivity index (χ0v) is 13.8. The van der Waals surface area contributed by atoms with Crippen LogP contribution in [0, 0.1) is 17.2 Å². The molecule has 1 heterocycles. The highest BCUT2D eigenvalue weighted by molar-refractivity contribution is 7.99. The first-order chi connectivity index (χ1) is 11.2. The van der Waals surface area contributed by atoms with Crippen molar-refractivity contribution in [3.05, 3.63) is 52.1 Å². The molecule has 2 rings (SSSR count). The second kappa shape index (κ2) is 7.09. The third-order valence-corrected chi connectivity index (χ3v) is 4.04. The summed E-state index contributed by atoms with van der Waals surface area (Å²) in [5, 5.41) is 8.90. The molecule has 0 N–H and O–H groups in total. The van der Waals surface area contributed by atoms with E-state index < -0.39 is 17.3 Å². The van der Waals surface area contributed by atoms with Crippen molar-refractivity contribution in [3.8, 4) is 6.07 Å². The number of benzene rings is 1. The minimum absolute atomic E-state index is 0.0935. The number of hydrogen-bond acceptors (Lipinski definition) is 4. The Morgan fingerprint density at radius 1 is 1.38 bits per heavy atom. The van der Waals surface area contributed by atoms with Gasteiger partial charge in [0.25, 0.3) is 5.56 Å². The highest BCUT2D eigenvalue weighted by Crippen LogP contribution is 2.35. The zero-order chi connectivity index (χ0) is 17.9. The van der Waals surface area contributed by atoms with Crippen molar-refractivity contribution in [1.82, 2.24) is 9.55 Å². The molecule has 0 spiro atoms. The second-order valence-electron chi connectivity index (χ2n) is 5.50. The number of rotatable bonds is 4. The minimum atomic E-state index is -4.64. The number of nitrogens with zero attached hydrogens (tertiary/aromatic N) is 3. The lowest BCUT2D eigenvalue weighted by molar-refractivity contribution is -0.137. The van der Waals surface area contributed by atoms with E-state index in [1.54, 1.807) is 6.20 Å². The van der Waals surface area contributed by atoms with Crippen LogP contribution >= 0.6 is 11.8 Å². The van der Waals surface area contributed by atoms with Crippen LogP contribution in [0.25, 0.3) is 0 Å². The number of alkyl halides is 3. The van der Waals surface area contributed by atoms with Crippen molar-refractivity contribution in [2.75, 3.05) is 0 Å². The van der Waals surface area contributed by atoms with Crippen LogP contribution in [0.15, 0.2) is 45.3 Å². The Morgan fingerprint density at radius 3 is 2.67 bits per heavy atom. The molecule has 0 bridgehead atoms. The summed E-state index contributed by atoms with van der Waals surface area (Å²) in [6.45, 7) is 4.40. The van der Waals surface area contributed by atoms with Gasteiger partial charge in [0.2, 0.25) is 0 Å². The van der Waals surface area contributed by atoms with Crippen molar-refractivity contribution in [3.63, 3.8) is 0 Å². The summed E-state index contributed by atoms with van der Waals surface area (Å²) >= 11 is 0.851. The van der Waals surface area contributed by atoms with Crippen LogP contribution in [0.4, 0.5) is 13.2 Å². The highest BCUT2D eigenvalue weighted by Gasteiger charge is 2.34. The fraction of sp³-hybridized carbons (Fsp3) is 0.312. The van der Waals surface area contributed by atoms with E-state index in [9.17, 15) is 18.0 Å². The average molecular weight is 353 g/mol. The quantitative estimate of drug-likeness (QED) is 0.835. The summed E-state index contributed by atoms with van der Waals surface area (Å²) in [6, 6.07) is 4.86. The minimum Gasteiger partial charge on any atom is -0.311 e. The Hall–Kier alpha value is -2.27. The molecule has 0 saturated heterocycles. The van der Waals surface area contributed by atoms with Gasteiger partial charge in [0.05, 0.1) is 17.2 Å². The third kappa shape index (κ3) is 4.17. The van der Waals surface area contributed by atoms with Crippen LogP contribution in [-0.4, -0.2) is 9.55 Å². The predicted molar refractivity (Wildman–Crippen MR) is 83.6 cm³/mol. The molecule has 0 saturated carbocycles. The van der Waals surface area contributed by atoms with E-state index in [2.05, 4.69) is 4.98 Å². The van der Waals surface area contributed by atoms with Gasteiger partial charge in [-0.05, 0) is 24.1 Å². The smallest absolute Gasteiger partial charge is 0.311 e. The van der Waals surface area contributed by atoms with E-state index in [0.717, 1.165) is 23.9 Å². The molecule has 126 valence electrons. The molecular formula is C16H14F3N3OS. The first-order valence-corrected chi connectivity index (χ1v) is 7.88. The van der Waals surface area contributed by atoms with Crippen LogP contribution in [-0.2, 0) is 12.7 Å². The summed E-state index contributed by atoms with van der Waals surface area (Å²) in [4.78, 5) is 16.5. The van der Waals surface area contributed by atoms with Crippen LogP contribution in [0.1, 0.15) is 25.0 Å². The average Bonchev–Trinajstić information content (AvgIpc) is 2.50. The van der Waals surface area contributed by atoms with E-state index in [-0.39, 0.29) is 21.4 Å². The Balaban J connectivity index is 2.39. The molecule has 0 unspecified atom stereocenters. The van der Waals surface area contributed by atoms with Gasteiger partial charge >= 0.3 is 6.18 Å². The molecule has 0 aliphatic heterocycles. The van der Waals surface area contributed by atoms with Crippen molar-refractivity contribution >= 4 is 11.8 Å². The molecule has 0 radical (unpaired) electrons. The van der Waals surface area contributed by atoms with Gasteiger partial charge in [0, 0.05) is 23.8 Å². The summed E-state index contributed by atoms with van der Waals surface area (Å²) in [7, 11) is 0. The van der Waals surface area contributed by atoms with Crippen molar-refractivity contribution in [2.45, 2.75) is 36.5 Å². The van der Waals surface area contributed by atoms with Crippen LogP contribution in [0.3, 0.4) is 0 Å². The fourth-order valence-electron chi connectivity index (χ4n) is 2.06. The van der Waals surface area contributed by atoms with E-state index in [0.29, 0.717) is 6.54 Å². The maximum absolute atomic E-state index is 13.0. The topological polar surface area (TPSA) is 58.7 Å². The lowest BCUT2D eigenvalue weighted by atomic mass is 10.1. The summed E-state index contributed by atoms with van der Waals surface area (Å²) < 4.78 is 40.5. The Labute approximate surface area is 141 Å². The number of aromatic nitrogens is 2. The van der Waals surface area contributed by atoms with Crippen LogP contribution in [0.2, 0.25) is 0 Å². The first-order valence-electron chi connectivity index (χ1n) is 7.07. The van der Waals surface area contributed by atoms with Crippen molar-refractivity contribution < 1.29 is 13.2 Å². The molecule has 0 atom stereocenters. The van der Waals surface area contributed by atoms with E-state index in [4.69, 9.17) is 5.26 Å². The molecule has 0 aliphatic carbocycles. The summed E-state index contributed by atoms with van der Waals surface area (Å²) in [5.41, 5.74) is -1.83. The highest BCUT2D eigenvalue weighted by atomic mass is 32.2. The molecule has 2 aromatic rings. The Bertz CT molecular complexity index is 838. The number of halogens is 3. The monoisotopic (exact) mass is 353 g/mol. The largest absolute Gasteiger partial charge is 0.417 e. The maximum atomic E-state index is 13.0. The Kier molecular flexibility index (Phi) is 5.34. The van der Waals surface area contributed by atoms with Gasteiger partial charge in [0.1, 0.15) is 0 Å². The van der Waals surface area contributed by atoms with Gasteiger partial charge in [-0.2, -0.15) is 18.4 Å². The third-order valence-electron chi connectivity index (χ3n) is 3.08. The lowest BCUT2D eigenvalue weighted by Gasteiger charge is -2.11. The summed E-state index contributed by atoms with van der Waals surface area (Å²) in [5.74, 6) is 0.245. The predicted octanol–water partition coefficient (Wildman–Crippen LogP) is 3.94. The molecule has 24 heavy (non-hydrogen) atoms. The number of hydrogen-bond donors (Lipinski definition) is 0. The van der Waals surface area contributed by atoms with Crippen molar-refractivity contribution in [2.24, 2.45) is 5.92 Å². The van der Waals surface area contributed by atoms with E-state index in [1.165, 1.54) is 22.9 Å². The fourth-order valence-corrected chi connectivity index (χ4v) is 2.92. The maximum Gasteiger partial charge on any atom is 0.417 e. The van der Waals surface area contributed by atoms with Gasteiger partial charge in [-0.25, -0.2) is 4.98 Å². The van der Waals surface area contributed by atoms with E-state index >= 15 is 0 Å². The van der Waals surface area contributed by atoms with Crippen molar-refractivity contribution in [1.29, 1.82) is 5.26 Å². The Morgan fingerprint density at radius 2 is 2.08 bits per heavy atom. The molecule has 0 aliphatic rings. The van der Waals surface area contributed by atoms with Gasteiger partial charge < -0.3 is 4.57 Å². The van der Waals surface area contributed by atoms with E-state index in [1.807, 2.05) is 13.8 Å². The standard InChI is InChI=1S/C16H14F3N3OS/c1-10(2)9-22-6-5-21-14(15(22)23)24-12-4-3-11(8-20)13(7-12)16(17,18)19/h3-7,10H,9H2,1-2H3. The van der Waals surface area contributed by atoms with Crippen LogP contribution < -0.4 is 5.56 Å². The van der Waals surface area contributed by atoms with Gasteiger partial charge in [-0.15, -0.1) is 0 Å². The summed E-state index contributed by atoms with van der Waals surface area (Å²) in [6.07, 6.45) is -1.64. The molecule has 0 fully saturated rings. The normalized spacial score (nSPS) is 11.5. The van der Waals surface area contributed by atoms with Crippen LogP contribution in [0.5, 0.6) is 0 Å². The molecule has 0 amide bonds. The molecule has 8 heteroatoms. The lowest BCUT2D eigenvalue weighted by Crippen LogP contribution is -2.24. The molecular weight excluding hydrogens is 339 g/mol. The molecule has 4 nitrogen and oxygen atoms in total. The molecule has 1 aromatic heterocycles. The van der Waals surface area contributed by atoms with Gasteiger partial charge in [0.15, 0.2) is 5.03 Å².